The molecule has 5 nitrogen and oxygen atoms in total. The van der Waals surface area contributed by atoms with Gasteiger partial charge in [-0.2, -0.15) is 0 Å². The van der Waals surface area contributed by atoms with Crippen LogP contribution in [0.2, 0.25) is 0 Å². The van der Waals surface area contributed by atoms with Crippen LogP contribution in [0.3, 0.4) is 0 Å². The summed E-state index contributed by atoms with van der Waals surface area (Å²) in [5.74, 6) is 1.22. The van der Waals surface area contributed by atoms with Gasteiger partial charge in [0.1, 0.15) is 5.75 Å². The number of sulfone groups is 1. The van der Waals surface area contributed by atoms with Gasteiger partial charge in [-0.1, -0.05) is 37.6 Å². The van der Waals surface area contributed by atoms with Crippen molar-refractivity contribution in [3.8, 4) is 5.75 Å². The average molecular weight is 420 g/mol. The highest BCUT2D eigenvalue weighted by atomic mass is 32.2. The van der Waals surface area contributed by atoms with E-state index in [1.54, 1.807) is 0 Å². The zero-order chi connectivity index (χ0) is 21.4. The summed E-state index contributed by atoms with van der Waals surface area (Å²) in [6.45, 7) is 11.3. The summed E-state index contributed by atoms with van der Waals surface area (Å²) in [7, 11) is -3.07. The van der Waals surface area contributed by atoms with Crippen molar-refractivity contribution in [2.75, 3.05) is 18.1 Å². The van der Waals surface area contributed by atoms with Crippen molar-refractivity contribution < 1.29 is 17.9 Å². The summed E-state index contributed by atoms with van der Waals surface area (Å²) < 4.78 is 29.7. The van der Waals surface area contributed by atoms with Gasteiger partial charge < -0.3 is 9.64 Å². The predicted octanol–water partition coefficient (Wildman–Crippen LogP) is 3.84. The van der Waals surface area contributed by atoms with Gasteiger partial charge in [-0.25, -0.2) is 8.42 Å². The van der Waals surface area contributed by atoms with Crippen LogP contribution in [0.1, 0.15) is 46.6 Å². The Bertz CT molecular complexity index is 882. The number of carbonyl (C=O) groups is 1. The number of rotatable bonds is 7. The molecule has 0 spiro atoms. The summed E-state index contributed by atoms with van der Waals surface area (Å²) in [4.78, 5) is 15.4. The van der Waals surface area contributed by atoms with Gasteiger partial charge in [-0.05, 0) is 56.2 Å². The molecule has 0 radical (unpaired) electrons. The second kappa shape index (κ2) is 8.13. The van der Waals surface area contributed by atoms with Gasteiger partial charge in [0.2, 0.25) is 5.91 Å². The fraction of sp³-hybridized carbons (Fsp3) is 0.609. The van der Waals surface area contributed by atoms with Crippen molar-refractivity contribution in [1.82, 2.24) is 4.90 Å². The third-order valence-corrected chi connectivity index (χ3v) is 7.96. The number of ether oxygens (including phenoxy) is 1. The lowest BCUT2D eigenvalue weighted by Gasteiger charge is -2.29. The van der Waals surface area contributed by atoms with Crippen LogP contribution >= 0.6 is 0 Å². The number of nitrogens with zero attached hydrogens (tertiary/aromatic N) is 1. The van der Waals surface area contributed by atoms with Crippen molar-refractivity contribution in [3.63, 3.8) is 0 Å². The molecule has 6 heteroatoms. The molecule has 2 fully saturated rings. The Balaban J connectivity index is 1.84. The number of hydrogen-bond donors (Lipinski definition) is 0. The van der Waals surface area contributed by atoms with Crippen LogP contribution in [0.25, 0.3) is 0 Å². The summed E-state index contributed by atoms with van der Waals surface area (Å²) in [5.41, 5.74) is 2.10. The van der Waals surface area contributed by atoms with Crippen molar-refractivity contribution in [3.05, 3.63) is 41.5 Å². The zero-order valence-corrected chi connectivity index (χ0v) is 19.0. The molecule has 0 aromatic heterocycles. The van der Waals surface area contributed by atoms with Crippen LogP contribution in [0, 0.1) is 17.3 Å². The fourth-order valence-corrected chi connectivity index (χ4v) is 6.19. The van der Waals surface area contributed by atoms with Crippen LogP contribution < -0.4 is 4.74 Å². The van der Waals surface area contributed by atoms with Gasteiger partial charge in [0.05, 0.1) is 24.0 Å². The highest BCUT2D eigenvalue weighted by molar-refractivity contribution is 7.91. The van der Waals surface area contributed by atoms with E-state index in [1.165, 1.54) is 5.57 Å². The van der Waals surface area contributed by atoms with Crippen LogP contribution in [0.15, 0.2) is 35.9 Å². The quantitative estimate of drug-likeness (QED) is 0.630. The molecule has 0 N–H and O–H groups in total. The minimum atomic E-state index is -3.07. The highest BCUT2D eigenvalue weighted by Gasteiger charge is 2.61. The number of carbonyl (C=O) groups excluding carboxylic acids is 1. The van der Waals surface area contributed by atoms with E-state index in [0.717, 1.165) is 11.3 Å². The number of benzene rings is 1. The topological polar surface area (TPSA) is 63.7 Å². The fourth-order valence-electron chi connectivity index (χ4n) is 4.46. The van der Waals surface area contributed by atoms with Gasteiger partial charge in [0.15, 0.2) is 9.84 Å². The first kappa shape index (κ1) is 21.9. The van der Waals surface area contributed by atoms with E-state index in [0.29, 0.717) is 19.6 Å². The normalized spacial score (nSPS) is 26.6. The smallest absolute Gasteiger partial charge is 0.227 e. The molecule has 0 bridgehead atoms. The SMILES string of the molecule is CCOc1ccc(CN(C(=O)C2C(C=C(C)C)C2(C)C)C2CCS(=O)(=O)C2)cc1. The van der Waals surface area contributed by atoms with Gasteiger partial charge in [-0.15, -0.1) is 0 Å². The molecule has 29 heavy (non-hydrogen) atoms. The van der Waals surface area contributed by atoms with E-state index in [-0.39, 0.29) is 40.7 Å². The third-order valence-electron chi connectivity index (χ3n) is 6.21. The standard InChI is InChI=1S/C23H33NO4S/c1-6-28-19-9-7-17(8-10-19)14-24(18-11-12-29(26,27)15-18)22(25)21-20(13-16(2)3)23(21,4)5/h7-10,13,18,20-21H,6,11-12,14-15H2,1-5H3. The average Bonchev–Trinajstić information content (AvgIpc) is 2.96. The van der Waals surface area contributed by atoms with Crippen molar-refractivity contribution >= 4 is 15.7 Å². The second-order valence-corrected chi connectivity index (χ2v) is 11.4. The summed E-state index contributed by atoms with van der Waals surface area (Å²) in [6, 6.07) is 7.48. The van der Waals surface area contributed by atoms with E-state index in [9.17, 15) is 13.2 Å². The van der Waals surface area contributed by atoms with Gasteiger partial charge in [-0.3, -0.25) is 4.79 Å². The predicted molar refractivity (Wildman–Crippen MR) is 115 cm³/mol. The lowest BCUT2D eigenvalue weighted by atomic mass is 10.1. The molecule has 1 amide bonds. The number of hydrogen-bond acceptors (Lipinski definition) is 4. The molecular weight excluding hydrogens is 386 g/mol. The zero-order valence-electron chi connectivity index (χ0n) is 18.1. The number of amides is 1. The van der Waals surface area contributed by atoms with E-state index in [4.69, 9.17) is 4.74 Å². The Hall–Kier alpha value is -1.82. The molecule has 3 rings (SSSR count). The van der Waals surface area contributed by atoms with Crippen molar-refractivity contribution in [2.24, 2.45) is 17.3 Å². The maximum Gasteiger partial charge on any atom is 0.227 e. The lowest BCUT2D eigenvalue weighted by molar-refractivity contribution is -0.136. The molecular formula is C23H33NO4S. The molecule has 3 atom stereocenters. The second-order valence-electron chi connectivity index (χ2n) is 9.17. The minimum absolute atomic E-state index is 0.0657. The third kappa shape index (κ3) is 4.85. The van der Waals surface area contributed by atoms with E-state index in [1.807, 2.05) is 36.1 Å². The summed E-state index contributed by atoms with van der Waals surface area (Å²) in [5, 5.41) is 0. The van der Waals surface area contributed by atoms with E-state index in [2.05, 4.69) is 33.8 Å². The first-order valence-corrected chi connectivity index (χ1v) is 12.2. The van der Waals surface area contributed by atoms with E-state index < -0.39 is 9.84 Å². The molecule has 1 aliphatic heterocycles. The molecule has 1 heterocycles. The van der Waals surface area contributed by atoms with Crippen LogP contribution in [0.5, 0.6) is 5.75 Å². The van der Waals surface area contributed by atoms with Gasteiger partial charge >= 0.3 is 0 Å². The van der Waals surface area contributed by atoms with Gasteiger partial charge in [0, 0.05) is 12.6 Å². The van der Waals surface area contributed by atoms with E-state index >= 15 is 0 Å². The largest absolute Gasteiger partial charge is 0.494 e. The lowest BCUT2D eigenvalue weighted by Crippen LogP contribution is -2.42. The molecule has 1 saturated carbocycles. The van der Waals surface area contributed by atoms with Crippen LogP contribution in [0.4, 0.5) is 0 Å². The highest BCUT2D eigenvalue weighted by Crippen LogP contribution is 2.60. The molecule has 1 saturated heterocycles. The Kier molecular flexibility index (Phi) is 6.13. The van der Waals surface area contributed by atoms with Crippen LogP contribution in [-0.2, 0) is 21.2 Å². The van der Waals surface area contributed by atoms with Gasteiger partial charge in [0.25, 0.3) is 0 Å². The molecule has 1 aliphatic carbocycles. The Morgan fingerprint density at radius 3 is 2.41 bits per heavy atom. The Labute approximate surface area is 175 Å². The maximum absolute atomic E-state index is 13.6. The first-order chi connectivity index (χ1) is 13.5. The summed E-state index contributed by atoms with van der Waals surface area (Å²) >= 11 is 0. The Morgan fingerprint density at radius 1 is 1.24 bits per heavy atom. The summed E-state index contributed by atoms with van der Waals surface area (Å²) in [6.07, 6.45) is 2.70. The maximum atomic E-state index is 13.6. The van der Waals surface area contributed by atoms with Crippen LogP contribution in [-0.4, -0.2) is 43.4 Å². The molecule has 160 valence electrons. The van der Waals surface area contributed by atoms with Crippen molar-refractivity contribution in [1.29, 1.82) is 0 Å². The Morgan fingerprint density at radius 2 is 1.90 bits per heavy atom. The number of allylic oxidation sites excluding steroid dienone is 2. The first-order valence-electron chi connectivity index (χ1n) is 10.4. The molecule has 1 aromatic rings. The molecule has 1 aromatic carbocycles. The van der Waals surface area contributed by atoms with Crippen molar-refractivity contribution in [2.45, 2.75) is 53.6 Å². The minimum Gasteiger partial charge on any atom is -0.494 e. The monoisotopic (exact) mass is 419 g/mol. The molecule has 3 unspecified atom stereocenters. The molecule has 2 aliphatic rings.